The number of hydrogen-bond donors (Lipinski definition) is 1. The summed E-state index contributed by atoms with van der Waals surface area (Å²) in [5.41, 5.74) is 2.22. The van der Waals surface area contributed by atoms with E-state index in [4.69, 9.17) is 27.9 Å². The topological polar surface area (TPSA) is 38.3 Å². The van der Waals surface area contributed by atoms with Crippen molar-refractivity contribution in [2.75, 3.05) is 12.3 Å². The lowest BCUT2D eigenvalue weighted by molar-refractivity contribution is -0.127. The smallest absolute Gasteiger partial charge is 0.260 e. The van der Waals surface area contributed by atoms with E-state index in [0.717, 1.165) is 28.4 Å². The van der Waals surface area contributed by atoms with Gasteiger partial charge in [-0.25, -0.2) is 0 Å². The number of thioether (sulfide) groups is 1. The summed E-state index contributed by atoms with van der Waals surface area (Å²) in [6.45, 7) is 6.58. The molecule has 0 aliphatic rings. The number of halogens is 2. The third kappa shape index (κ3) is 6.95. The number of carbonyl (C=O) groups is 1. The Bertz CT molecular complexity index is 768. The van der Waals surface area contributed by atoms with Gasteiger partial charge in [-0.2, -0.15) is 11.8 Å². The normalized spacial score (nSPS) is 12.1. The SMILES string of the molecule is CC(C)c1ccccc1O[C@@H](C)C(=O)NCCSCc1ccc(Cl)c(Cl)c1. The van der Waals surface area contributed by atoms with Gasteiger partial charge in [0.2, 0.25) is 0 Å². The van der Waals surface area contributed by atoms with Crippen LogP contribution in [0.1, 0.15) is 37.8 Å². The van der Waals surface area contributed by atoms with Gasteiger partial charge in [0.1, 0.15) is 5.75 Å². The molecule has 1 N–H and O–H groups in total. The van der Waals surface area contributed by atoms with Gasteiger partial charge in [0.15, 0.2) is 6.10 Å². The van der Waals surface area contributed by atoms with Crippen LogP contribution in [0.2, 0.25) is 10.0 Å². The van der Waals surface area contributed by atoms with E-state index in [0.29, 0.717) is 22.5 Å². The van der Waals surface area contributed by atoms with E-state index in [-0.39, 0.29) is 5.91 Å². The van der Waals surface area contributed by atoms with Gasteiger partial charge >= 0.3 is 0 Å². The zero-order valence-corrected chi connectivity index (χ0v) is 18.1. The first-order chi connectivity index (χ1) is 12.9. The van der Waals surface area contributed by atoms with Crippen LogP contribution in [0.25, 0.3) is 0 Å². The molecule has 3 nitrogen and oxygen atoms in total. The molecule has 0 bridgehead atoms. The molecule has 1 amide bonds. The molecule has 1 atom stereocenters. The summed E-state index contributed by atoms with van der Waals surface area (Å²) in [6.07, 6.45) is -0.537. The second kappa shape index (κ2) is 10.8. The standard InChI is InChI=1S/C21H25Cl2NO2S/c1-14(2)17-6-4-5-7-20(17)26-15(3)21(25)24-10-11-27-13-16-8-9-18(22)19(23)12-16/h4-9,12,14-15H,10-11,13H2,1-3H3,(H,24,25)/t15-/m0/s1. The fraction of sp³-hybridized carbons (Fsp3) is 0.381. The van der Waals surface area contributed by atoms with Gasteiger partial charge < -0.3 is 10.1 Å². The van der Waals surface area contributed by atoms with Crippen LogP contribution in [-0.4, -0.2) is 24.3 Å². The molecule has 0 radical (unpaired) electrons. The third-order valence-corrected chi connectivity index (χ3v) is 5.78. The van der Waals surface area contributed by atoms with Crippen molar-refractivity contribution >= 4 is 40.9 Å². The molecule has 0 unspecified atom stereocenters. The van der Waals surface area contributed by atoms with Gasteiger partial charge in [0, 0.05) is 18.1 Å². The van der Waals surface area contributed by atoms with Gasteiger partial charge in [-0.1, -0.05) is 61.3 Å². The molecular formula is C21H25Cl2NO2S. The van der Waals surface area contributed by atoms with Crippen LogP contribution < -0.4 is 10.1 Å². The summed E-state index contributed by atoms with van der Waals surface area (Å²) in [5.74, 6) is 2.63. The Morgan fingerprint density at radius 1 is 1.11 bits per heavy atom. The van der Waals surface area contributed by atoms with Gasteiger partial charge in [0.25, 0.3) is 5.91 Å². The zero-order chi connectivity index (χ0) is 19.8. The van der Waals surface area contributed by atoms with Crippen molar-refractivity contribution in [1.82, 2.24) is 5.32 Å². The van der Waals surface area contributed by atoms with Crippen LogP contribution in [0.15, 0.2) is 42.5 Å². The highest BCUT2D eigenvalue weighted by molar-refractivity contribution is 7.98. The third-order valence-electron chi connectivity index (χ3n) is 4.01. The van der Waals surface area contributed by atoms with E-state index in [2.05, 4.69) is 19.2 Å². The molecule has 0 fully saturated rings. The highest BCUT2D eigenvalue weighted by atomic mass is 35.5. The first-order valence-corrected chi connectivity index (χ1v) is 10.8. The molecule has 0 heterocycles. The Morgan fingerprint density at radius 3 is 2.56 bits per heavy atom. The molecule has 146 valence electrons. The summed E-state index contributed by atoms with van der Waals surface area (Å²) in [7, 11) is 0. The second-order valence-corrected chi connectivity index (χ2v) is 8.46. The lowest BCUT2D eigenvalue weighted by Gasteiger charge is -2.18. The van der Waals surface area contributed by atoms with E-state index in [1.54, 1.807) is 24.8 Å². The molecule has 0 saturated heterocycles. The monoisotopic (exact) mass is 425 g/mol. The molecule has 2 aromatic carbocycles. The number of carbonyl (C=O) groups excluding carboxylic acids is 1. The predicted octanol–water partition coefficient (Wildman–Crippen LogP) is 5.93. The van der Waals surface area contributed by atoms with Crippen molar-refractivity contribution in [3.8, 4) is 5.75 Å². The number of rotatable bonds is 9. The van der Waals surface area contributed by atoms with Crippen molar-refractivity contribution in [2.24, 2.45) is 0 Å². The summed E-state index contributed by atoms with van der Waals surface area (Å²) in [4.78, 5) is 12.3. The zero-order valence-electron chi connectivity index (χ0n) is 15.8. The predicted molar refractivity (Wildman–Crippen MR) is 116 cm³/mol. The van der Waals surface area contributed by atoms with E-state index < -0.39 is 6.10 Å². The minimum atomic E-state index is -0.537. The van der Waals surface area contributed by atoms with Gasteiger partial charge in [0.05, 0.1) is 10.0 Å². The first-order valence-electron chi connectivity index (χ1n) is 8.93. The molecule has 0 spiro atoms. The van der Waals surface area contributed by atoms with Crippen molar-refractivity contribution in [1.29, 1.82) is 0 Å². The Kier molecular flexibility index (Phi) is 8.81. The highest BCUT2D eigenvalue weighted by Gasteiger charge is 2.16. The molecule has 2 rings (SSSR count). The number of para-hydroxylation sites is 1. The van der Waals surface area contributed by atoms with E-state index in [1.807, 2.05) is 36.4 Å². The largest absolute Gasteiger partial charge is 0.481 e. The Balaban J connectivity index is 1.73. The summed E-state index contributed by atoms with van der Waals surface area (Å²) in [5, 5.41) is 4.05. The highest BCUT2D eigenvalue weighted by Crippen LogP contribution is 2.27. The van der Waals surface area contributed by atoms with Crippen molar-refractivity contribution in [3.05, 3.63) is 63.6 Å². The molecule has 0 saturated carbocycles. The average molecular weight is 426 g/mol. The Hall–Kier alpha value is -1.36. The van der Waals surface area contributed by atoms with Gasteiger partial charge in [-0.05, 0) is 42.2 Å². The molecule has 0 aromatic heterocycles. The quantitative estimate of drug-likeness (QED) is 0.505. The number of amides is 1. The van der Waals surface area contributed by atoms with Crippen LogP contribution in [-0.2, 0) is 10.5 Å². The Labute approximate surface area is 175 Å². The van der Waals surface area contributed by atoms with Gasteiger partial charge in [-0.3, -0.25) is 4.79 Å². The van der Waals surface area contributed by atoms with Crippen LogP contribution in [0, 0.1) is 0 Å². The maximum absolute atomic E-state index is 12.3. The summed E-state index contributed by atoms with van der Waals surface area (Å²) >= 11 is 13.7. The maximum atomic E-state index is 12.3. The number of ether oxygens (including phenoxy) is 1. The van der Waals surface area contributed by atoms with Crippen molar-refractivity contribution in [3.63, 3.8) is 0 Å². The molecule has 0 aliphatic carbocycles. The maximum Gasteiger partial charge on any atom is 0.260 e. The van der Waals surface area contributed by atoms with Crippen LogP contribution in [0.4, 0.5) is 0 Å². The minimum absolute atomic E-state index is 0.108. The fourth-order valence-electron chi connectivity index (χ4n) is 2.52. The lowest BCUT2D eigenvalue weighted by Crippen LogP contribution is -2.37. The number of benzene rings is 2. The van der Waals surface area contributed by atoms with E-state index in [1.165, 1.54) is 0 Å². The second-order valence-electron chi connectivity index (χ2n) is 6.54. The molecule has 27 heavy (non-hydrogen) atoms. The minimum Gasteiger partial charge on any atom is -0.481 e. The van der Waals surface area contributed by atoms with Crippen molar-refractivity contribution in [2.45, 2.75) is 38.5 Å². The molecule has 2 aromatic rings. The lowest BCUT2D eigenvalue weighted by atomic mass is 10.0. The average Bonchev–Trinajstić information content (AvgIpc) is 2.64. The van der Waals surface area contributed by atoms with E-state index >= 15 is 0 Å². The molecule has 0 aliphatic heterocycles. The first kappa shape index (κ1) is 21.9. The Morgan fingerprint density at radius 2 is 1.85 bits per heavy atom. The number of hydrogen-bond acceptors (Lipinski definition) is 3. The molecular weight excluding hydrogens is 401 g/mol. The van der Waals surface area contributed by atoms with Crippen LogP contribution >= 0.6 is 35.0 Å². The van der Waals surface area contributed by atoms with Crippen LogP contribution in [0.3, 0.4) is 0 Å². The summed E-state index contributed by atoms with van der Waals surface area (Å²) in [6, 6.07) is 13.5. The molecule has 6 heteroatoms. The van der Waals surface area contributed by atoms with Crippen molar-refractivity contribution < 1.29 is 9.53 Å². The summed E-state index contributed by atoms with van der Waals surface area (Å²) < 4.78 is 5.87. The van der Waals surface area contributed by atoms with Crippen LogP contribution in [0.5, 0.6) is 5.75 Å². The van der Waals surface area contributed by atoms with E-state index in [9.17, 15) is 4.79 Å². The van der Waals surface area contributed by atoms with Gasteiger partial charge in [-0.15, -0.1) is 0 Å². The fourth-order valence-corrected chi connectivity index (χ4v) is 3.65. The number of nitrogens with one attached hydrogen (secondary N) is 1.